The number of thioether (sulfide) groups is 1. The van der Waals surface area contributed by atoms with E-state index in [1.165, 1.54) is 16.7 Å². The van der Waals surface area contributed by atoms with E-state index in [0.29, 0.717) is 10.2 Å². The number of nitrogens with zero attached hydrogens (tertiary/aromatic N) is 3. The fourth-order valence-corrected chi connectivity index (χ4v) is 4.54. The van der Waals surface area contributed by atoms with Crippen molar-refractivity contribution in [3.63, 3.8) is 0 Å². The molecule has 31 heavy (non-hydrogen) atoms. The summed E-state index contributed by atoms with van der Waals surface area (Å²) in [6.45, 7) is 4.05. The Hall–Kier alpha value is -2.61. The highest BCUT2D eigenvalue weighted by Crippen LogP contribution is 2.28. The monoisotopic (exact) mass is 454 g/mol. The van der Waals surface area contributed by atoms with Gasteiger partial charge in [-0.1, -0.05) is 41.6 Å². The standard InChI is InChI=1S/C23H24ClN5OS/c1-14-21(18-7-5-6-8-19(18)25-14)20(30)13-31-23-27-26-22(15(2)28(3)4)29(23)17-11-9-16(24)10-12-17/h5-12,15,25H,13H2,1-4H3/p+1/t15-/m0/s1. The van der Waals surface area contributed by atoms with E-state index < -0.39 is 0 Å². The van der Waals surface area contributed by atoms with Crippen LogP contribution in [0.1, 0.15) is 34.8 Å². The van der Waals surface area contributed by atoms with Gasteiger partial charge in [0.15, 0.2) is 16.8 Å². The number of rotatable bonds is 7. The molecule has 0 aliphatic carbocycles. The number of nitrogens with one attached hydrogen (secondary N) is 2. The van der Waals surface area contributed by atoms with Crippen LogP contribution in [0.5, 0.6) is 0 Å². The first-order valence-corrected chi connectivity index (χ1v) is 11.5. The molecule has 0 saturated carbocycles. The van der Waals surface area contributed by atoms with Gasteiger partial charge in [0.25, 0.3) is 0 Å². The lowest BCUT2D eigenvalue weighted by Gasteiger charge is -2.18. The normalized spacial score (nSPS) is 12.6. The number of carbonyl (C=O) groups is 1. The smallest absolute Gasteiger partial charge is 0.196 e. The molecule has 0 unspecified atom stereocenters. The number of aromatic nitrogens is 4. The lowest BCUT2D eigenvalue weighted by Crippen LogP contribution is -3.05. The molecule has 2 aromatic heterocycles. The van der Waals surface area contributed by atoms with Gasteiger partial charge in [-0.15, -0.1) is 10.2 Å². The summed E-state index contributed by atoms with van der Waals surface area (Å²) < 4.78 is 2.02. The maximum Gasteiger partial charge on any atom is 0.196 e. The Morgan fingerprint density at radius 1 is 1.16 bits per heavy atom. The van der Waals surface area contributed by atoms with Crippen LogP contribution in [0.15, 0.2) is 53.7 Å². The Labute approximate surface area is 190 Å². The summed E-state index contributed by atoms with van der Waals surface area (Å²) in [5.41, 5.74) is 3.53. The third-order valence-electron chi connectivity index (χ3n) is 5.50. The fraction of sp³-hybridized carbons (Fsp3) is 0.261. The van der Waals surface area contributed by atoms with Crippen LogP contribution in [-0.4, -0.2) is 45.4 Å². The van der Waals surface area contributed by atoms with Gasteiger partial charge in [0.2, 0.25) is 0 Å². The van der Waals surface area contributed by atoms with Crippen LogP contribution in [0.25, 0.3) is 16.6 Å². The van der Waals surface area contributed by atoms with Crippen LogP contribution in [0.2, 0.25) is 5.02 Å². The van der Waals surface area contributed by atoms with Gasteiger partial charge in [0, 0.05) is 32.9 Å². The molecule has 2 aromatic carbocycles. The Bertz CT molecular complexity index is 1230. The van der Waals surface area contributed by atoms with Crippen LogP contribution in [0, 0.1) is 6.92 Å². The quantitative estimate of drug-likeness (QED) is 0.328. The number of ketones is 1. The van der Waals surface area contributed by atoms with E-state index in [1.54, 1.807) is 0 Å². The van der Waals surface area contributed by atoms with Gasteiger partial charge < -0.3 is 9.88 Å². The summed E-state index contributed by atoms with van der Waals surface area (Å²) in [5.74, 6) is 1.19. The summed E-state index contributed by atoms with van der Waals surface area (Å²) >= 11 is 7.49. The highest BCUT2D eigenvalue weighted by molar-refractivity contribution is 7.99. The van der Waals surface area contributed by atoms with Gasteiger partial charge >= 0.3 is 0 Å². The van der Waals surface area contributed by atoms with Crippen molar-refractivity contribution in [3.8, 4) is 5.69 Å². The van der Waals surface area contributed by atoms with Crippen molar-refractivity contribution in [1.82, 2.24) is 19.7 Å². The van der Waals surface area contributed by atoms with Gasteiger partial charge in [0.05, 0.1) is 19.8 Å². The molecule has 0 bridgehead atoms. The minimum Gasteiger partial charge on any atom is -0.358 e. The largest absolute Gasteiger partial charge is 0.358 e. The molecule has 0 radical (unpaired) electrons. The van der Waals surface area contributed by atoms with Crippen molar-refractivity contribution in [2.45, 2.75) is 25.0 Å². The van der Waals surface area contributed by atoms with E-state index in [1.807, 2.05) is 60.0 Å². The first-order chi connectivity index (χ1) is 14.9. The minimum absolute atomic E-state index is 0.0680. The van der Waals surface area contributed by atoms with Gasteiger partial charge in [-0.05, 0) is 44.2 Å². The molecule has 4 aromatic rings. The fourth-order valence-electron chi connectivity index (χ4n) is 3.58. The summed E-state index contributed by atoms with van der Waals surface area (Å²) in [4.78, 5) is 17.7. The lowest BCUT2D eigenvalue weighted by atomic mass is 10.1. The van der Waals surface area contributed by atoms with Crippen molar-refractivity contribution < 1.29 is 9.69 Å². The molecule has 0 fully saturated rings. The highest BCUT2D eigenvalue weighted by atomic mass is 35.5. The van der Waals surface area contributed by atoms with Crippen molar-refractivity contribution in [2.75, 3.05) is 19.8 Å². The number of para-hydroxylation sites is 1. The number of carbonyl (C=O) groups excluding carboxylic acids is 1. The molecule has 4 rings (SSSR count). The van der Waals surface area contributed by atoms with Crippen LogP contribution in [0.3, 0.4) is 0 Å². The van der Waals surface area contributed by atoms with Crippen molar-refractivity contribution in [3.05, 3.63) is 70.6 Å². The molecule has 2 N–H and O–H groups in total. The van der Waals surface area contributed by atoms with E-state index in [0.717, 1.165) is 33.7 Å². The number of quaternary nitrogens is 1. The number of H-pyrrole nitrogens is 1. The van der Waals surface area contributed by atoms with Gasteiger partial charge in [-0.2, -0.15) is 0 Å². The van der Waals surface area contributed by atoms with E-state index in [-0.39, 0.29) is 17.6 Å². The van der Waals surface area contributed by atoms with Gasteiger partial charge in [0.1, 0.15) is 6.04 Å². The number of Topliss-reactive ketones (excluding diaryl/α,β-unsaturated/α-hetero) is 1. The third kappa shape index (κ3) is 4.26. The number of halogens is 1. The summed E-state index contributed by atoms with van der Waals surface area (Å²) in [6.07, 6.45) is 0. The summed E-state index contributed by atoms with van der Waals surface area (Å²) in [5, 5.41) is 11.2. The first kappa shape index (κ1) is 21.6. The SMILES string of the molecule is Cc1[nH]c2ccccc2c1C(=O)CSc1nnc([C@H](C)[NH+](C)C)n1-c1ccc(Cl)cc1. The molecule has 0 spiro atoms. The number of aromatic amines is 1. The molecule has 2 heterocycles. The molecule has 0 aliphatic rings. The molecular weight excluding hydrogens is 430 g/mol. The zero-order chi connectivity index (χ0) is 22.1. The minimum atomic E-state index is 0.0680. The van der Waals surface area contributed by atoms with Crippen LogP contribution >= 0.6 is 23.4 Å². The topological polar surface area (TPSA) is 68.0 Å². The first-order valence-electron chi connectivity index (χ1n) is 10.1. The zero-order valence-electron chi connectivity index (χ0n) is 17.9. The third-order valence-corrected chi connectivity index (χ3v) is 6.68. The average Bonchev–Trinajstić information content (AvgIpc) is 3.32. The van der Waals surface area contributed by atoms with Gasteiger partial charge in [-0.25, -0.2) is 0 Å². The Morgan fingerprint density at radius 2 is 1.87 bits per heavy atom. The van der Waals surface area contributed by atoms with Gasteiger partial charge in [-0.3, -0.25) is 9.36 Å². The molecule has 8 heteroatoms. The van der Waals surface area contributed by atoms with Crippen molar-refractivity contribution >= 4 is 40.0 Å². The summed E-state index contributed by atoms with van der Waals surface area (Å²) in [6, 6.07) is 15.6. The molecule has 0 saturated heterocycles. The number of benzene rings is 2. The molecule has 6 nitrogen and oxygen atoms in total. The Balaban J connectivity index is 1.66. The maximum atomic E-state index is 13.1. The van der Waals surface area contributed by atoms with Crippen molar-refractivity contribution in [2.24, 2.45) is 0 Å². The van der Waals surface area contributed by atoms with Crippen LogP contribution in [0.4, 0.5) is 0 Å². The van der Waals surface area contributed by atoms with E-state index >= 15 is 0 Å². The lowest BCUT2D eigenvalue weighted by molar-refractivity contribution is -0.890. The van der Waals surface area contributed by atoms with E-state index in [9.17, 15) is 4.79 Å². The predicted octanol–water partition coefficient (Wildman–Crippen LogP) is 3.89. The second-order valence-corrected chi connectivity index (χ2v) is 9.21. The molecular formula is C23H25ClN5OS+. The second-order valence-electron chi connectivity index (χ2n) is 7.83. The number of hydrogen-bond donors (Lipinski definition) is 2. The summed E-state index contributed by atoms with van der Waals surface area (Å²) in [7, 11) is 4.17. The average molecular weight is 455 g/mol. The van der Waals surface area contributed by atoms with E-state index in [2.05, 4.69) is 36.2 Å². The Kier molecular flexibility index (Phi) is 6.18. The predicted molar refractivity (Wildman–Crippen MR) is 126 cm³/mol. The number of aryl methyl sites for hydroxylation is 1. The number of hydrogen-bond acceptors (Lipinski definition) is 4. The van der Waals surface area contributed by atoms with Crippen LogP contribution < -0.4 is 4.90 Å². The highest BCUT2D eigenvalue weighted by Gasteiger charge is 2.24. The van der Waals surface area contributed by atoms with E-state index in [4.69, 9.17) is 11.6 Å². The molecule has 0 aliphatic heterocycles. The zero-order valence-corrected chi connectivity index (χ0v) is 19.5. The van der Waals surface area contributed by atoms with Crippen LogP contribution in [-0.2, 0) is 0 Å². The Morgan fingerprint density at radius 3 is 2.58 bits per heavy atom. The molecule has 160 valence electrons. The second kappa shape index (κ2) is 8.86. The molecule has 1 atom stereocenters. The number of fused-ring (bicyclic) bond motifs is 1. The maximum absolute atomic E-state index is 13.1. The molecule has 0 amide bonds. The van der Waals surface area contributed by atoms with Crippen molar-refractivity contribution in [1.29, 1.82) is 0 Å².